The first-order valence-electron chi connectivity index (χ1n) is 10.2. The lowest BCUT2D eigenvalue weighted by Crippen LogP contribution is -2.49. The monoisotopic (exact) mass is 429 g/mol. The third-order valence-corrected chi connectivity index (χ3v) is 4.45. The predicted molar refractivity (Wildman–Crippen MR) is 120 cm³/mol. The van der Waals surface area contributed by atoms with Crippen LogP contribution in [0.25, 0.3) is 0 Å². The van der Waals surface area contributed by atoms with Crippen molar-refractivity contribution >= 4 is 17.7 Å². The molecule has 8 N–H and O–H groups in total. The van der Waals surface area contributed by atoms with Crippen LogP contribution >= 0.6 is 0 Å². The molecule has 0 aliphatic carbocycles. The Morgan fingerprint density at radius 1 is 1.13 bits per heavy atom. The summed E-state index contributed by atoms with van der Waals surface area (Å²) in [6.45, 7) is 2.90. The number of carbonyl (C=O) groups is 1. The van der Waals surface area contributed by atoms with Crippen molar-refractivity contribution in [3.05, 3.63) is 59.7 Å². The SMILES string of the molecule is CCCCNC(=O)NC(Cc1ccc(OCc2cccc(N=C(N)N)c2)cc1)C(O)O. The van der Waals surface area contributed by atoms with E-state index in [1.165, 1.54) is 0 Å². The van der Waals surface area contributed by atoms with Gasteiger partial charge in [-0.1, -0.05) is 37.6 Å². The fourth-order valence-corrected chi connectivity index (χ4v) is 2.84. The van der Waals surface area contributed by atoms with Crippen molar-refractivity contribution in [1.29, 1.82) is 0 Å². The number of ether oxygens (including phenoxy) is 1. The average molecular weight is 430 g/mol. The Morgan fingerprint density at radius 2 is 1.87 bits per heavy atom. The third kappa shape index (κ3) is 8.93. The number of urea groups is 1. The van der Waals surface area contributed by atoms with Crippen LogP contribution in [-0.2, 0) is 13.0 Å². The standard InChI is InChI=1S/C22H31N5O4/c1-2-3-11-25-22(30)27-19(20(28)29)13-15-7-9-18(10-8-15)31-14-16-5-4-6-17(12-16)26-21(23)24/h4-10,12,19-20,28-29H,2-3,11,13-14H2,1H3,(H4,23,24,26)(H2,25,27,30). The van der Waals surface area contributed by atoms with Gasteiger partial charge < -0.3 is 37.1 Å². The quantitative estimate of drug-likeness (QED) is 0.138. The molecule has 2 aromatic rings. The number of nitrogens with one attached hydrogen (secondary N) is 2. The van der Waals surface area contributed by atoms with Gasteiger partial charge in [0.15, 0.2) is 12.2 Å². The second-order valence-electron chi connectivity index (χ2n) is 7.12. The number of benzene rings is 2. The molecular formula is C22H31N5O4. The molecule has 9 heteroatoms. The first-order chi connectivity index (χ1) is 14.9. The first kappa shape index (κ1) is 24.0. The summed E-state index contributed by atoms with van der Waals surface area (Å²) >= 11 is 0. The average Bonchev–Trinajstić information content (AvgIpc) is 2.72. The number of hydrogen-bond acceptors (Lipinski definition) is 5. The van der Waals surface area contributed by atoms with Crippen molar-refractivity contribution in [3.63, 3.8) is 0 Å². The van der Waals surface area contributed by atoms with Crippen molar-refractivity contribution in [2.24, 2.45) is 16.5 Å². The Hall–Kier alpha value is -3.30. The number of hydrogen-bond donors (Lipinski definition) is 6. The molecule has 168 valence electrons. The minimum atomic E-state index is -1.68. The molecule has 0 aromatic heterocycles. The van der Waals surface area contributed by atoms with Gasteiger partial charge in [-0.2, -0.15) is 0 Å². The summed E-state index contributed by atoms with van der Waals surface area (Å²) < 4.78 is 5.79. The normalized spacial score (nSPS) is 11.6. The predicted octanol–water partition coefficient (Wildman–Crippen LogP) is 1.49. The van der Waals surface area contributed by atoms with Gasteiger partial charge in [-0.15, -0.1) is 0 Å². The fraction of sp³-hybridized carbons (Fsp3) is 0.364. The van der Waals surface area contributed by atoms with Gasteiger partial charge in [-0.3, -0.25) is 0 Å². The molecule has 0 spiro atoms. The zero-order valence-electron chi connectivity index (χ0n) is 17.6. The van der Waals surface area contributed by atoms with Crippen LogP contribution < -0.4 is 26.8 Å². The highest BCUT2D eigenvalue weighted by Gasteiger charge is 2.19. The van der Waals surface area contributed by atoms with Crippen molar-refractivity contribution in [2.45, 2.75) is 45.1 Å². The highest BCUT2D eigenvalue weighted by atomic mass is 16.5. The van der Waals surface area contributed by atoms with E-state index < -0.39 is 18.4 Å². The molecule has 2 amide bonds. The number of guanidine groups is 1. The molecule has 1 unspecified atom stereocenters. The minimum Gasteiger partial charge on any atom is -0.489 e. The highest BCUT2D eigenvalue weighted by molar-refractivity contribution is 5.79. The van der Waals surface area contributed by atoms with Gasteiger partial charge in [0.1, 0.15) is 12.4 Å². The summed E-state index contributed by atoms with van der Waals surface area (Å²) in [7, 11) is 0. The highest BCUT2D eigenvalue weighted by Crippen LogP contribution is 2.18. The lowest BCUT2D eigenvalue weighted by atomic mass is 10.1. The van der Waals surface area contributed by atoms with Crippen molar-refractivity contribution in [1.82, 2.24) is 10.6 Å². The van der Waals surface area contributed by atoms with Crippen LogP contribution in [-0.4, -0.2) is 41.1 Å². The number of carbonyl (C=O) groups excluding carboxylic acids is 1. The summed E-state index contributed by atoms with van der Waals surface area (Å²) in [4.78, 5) is 15.9. The van der Waals surface area contributed by atoms with E-state index in [-0.39, 0.29) is 12.4 Å². The van der Waals surface area contributed by atoms with Gasteiger partial charge in [0.05, 0.1) is 11.7 Å². The van der Waals surface area contributed by atoms with Crippen LogP contribution in [0.4, 0.5) is 10.5 Å². The van der Waals surface area contributed by atoms with E-state index in [2.05, 4.69) is 15.6 Å². The lowest BCUT2D eigenvalue weighted by molar-refractivity contribution is -0.0639. The second kappa shape index (κ2) is 12.4. The molecule has 0 fully saturated rings. The molecule has 0 aliphatic rings. The lowest BCUT2D eigenvalue weighted by Gasteiger charge is -2.21. The van der Waals surface area contributed by atoms with Gasteiger partial charge in [0.25, 0.3) is 0 Å². The van der Waals surface area contributed by atoms with Crippen molar-refractivity contribution < 1.29 is 19.7 Å². The zero-order valence-corrected chi connectivity index (χ0v) is 17.6. The van der Waals surface area contributed by atoms with Crippen LogP contribution in [0.3, 0.4) is 0 Å². The molecule has 0 saturated heterocycles. The Balaban J connectivity index is 1.90. The Bertz CT molecular complexity index is 851. The van der Waals surface area contributed by atoms with Crippen LogP contribution in [0.5, 0.6) is 5.75 Å². The molecule has 2 rings (SSSR count). The molecule has 2 aromatic carbocycles. The maximum atomic E-state index is 11.9. The van der Waals surface area contributed by atoms with Gasteiger partial charge in [-0.25, -0.2) is 9.79 Å². The molecule has 0 radical (unpaired) electrons. The molecule has 9 nitrogen and oxygen atoms in total. The van der Waals surface area contributed by atoms with E-state index in [1.807, 2.05) is 37.3 Å². The molecule has 0 heterocycles. The van der Waals surface area contributed by atoms with E-state index >= 15 is 0 Å². The number of unbranched alkanes of at least 4 members (excludes halogenated alkanes) is 1. The van der Waals surface area contributed by atoms with Crippen LogP contribution in [0.1, 0.15) is 30.9 Å². The topological polar surface area (TPSA) is 155 Å². The summed E-state index contributed by atoms with van der Waals surface area (Å²) in [5, 5.41) is 24.5. The summed E-state index contributed by atoms with van der Waals surface area (Å²) in [5.74, 6) is 0.648. The Morgan fingerprint density at radius 3 is 2.52 bits per heavy atom. The van der Waals surface area contributed by atoms with Crippen LogP contribution in [0.2, 0.25) is 0 Å². The van der Waals surface area contributed by atoms with Crippen LogP contribution in [0, 0.1) is 0 Å². The molecule has 0 bridgehead atoms. The van der Waals surface area contributed by atoms with E-state index in [9.17, 15) is 15.0 Å². The van der Waals surface area contributed by atoms with Crippen molar-refractivity contribution in [3.8, 4) is 5.75 Å². The van der Waals surface area contributed by atoms with Gasteiger partial charge in [0, 0.05) is 6.54 Å². The minimum absolute atomic E-state index is 0.00658. The number of aliphatic imine (C=N–C) groups is 1. The molecular weight excluding hydrogens is 398 g/mol. The second-order valence-corrected chi connectivity index (χ2v) is 7.12. The summed E-state index contributed by atoms with van der Waals surface area (Å²) in [5.41, 5.74) is 13.2. The van der Waals surface area contributed by atoms with Crippen molar-refractivity contribution in [2.75, 3.05) is 6.54 Å². The van der Waals surface area contributed by atoms with E-state index in [1.54, 1.807) is 18.2 Å². The van der Waals surface area contributed by atoms with E-state index in [0.29, 0.717) is 24.6 Å². The Kier molecular flexibility index (Phi) is 9.60. The largest absolute Gasteiger partial charge is 0.489 e. The molecule has 0 saturated carbocycles. The van der Waals surface area contributed by atoms with Crippen LogP contribution in [0.15, 0.2) is 53.5 Å². The number of aliphatic hydroxyl groups excluding tert-OH is 1. The zero-order chi connectivity index (χ0) is 22.6. The smallest absolute Gasteiger partial charge is 0.315 e. The van der Waals surface area contributed by atoms with E-state index in [0.717, 1.165) is 24.0 Å². The number of nitrogens with two attached hydrogens (primary N) is 2. The molecule has 0 aliphatic heterocycles. The maximum absolute atomic E-state index is 11.9. The third-order valence-electron chi connectivity index (χ3n) is 4.45. The number of aliphatic hydroxyl groups is 2. The van der Waals surface area contributed by atoms with E-state index in [4.69, 9.17) is 16.2 Å². The maximum Gasteiger partial charge on any atom is 0.315 e. The number of rotatable bonds is 11. The van der Waals surface area contributed by atoms with Gasteiger partial charge in [0.2, 0.25) is 0 Å². The number of nitrogens with zero attached hydrogens (tertiary/aromatic N) is 1. The van der Waals surface area contributed by atoms with Gasteiger partial charge >= 0.3 is 6.03 Å². The summed E-state index contributed by atoms with van der Waals surface area (Å²) in [6, 6.07) is 13.3. The Labute approximate surface area is 182 Å². The number of amides is 2. The molecule has 31 heavy (non-hydrogen) atoms. The molecule has 1 atom stereocenters. The van der Waals surface area contributed by atoms with Gasteiger partial charge in [-0.05, 0) is 48.2 Å². The summed E-state index contributed by atoms with van der Waals surface area (Å²) in [6.07, 6.45) is 0.410. The first-order valence-corrected chi connectivity index (χ1v) is 10.2. The fourth-order valence-electron chi connectivity index (χ4n) is 2.84.